The molecule has 144 valence electrons. The van der Waals surface area contributed by atoms with E-state index in [0.717, 1.165) is 40.2 Å². The summed E-state index contributed by atoms with van der Waals surface area (Å²) in [7, 11) is 0. The van der Waals surface area contributed by atoms with Crippen LogP contribution in [0.3, 0.4) is 0 Å². The van der Waals surface area contributed by atoms with E-state index in [1.165, 1.54) is 11.3 Å². The number of nitrogens with two attached hydrogens (primary N) is 1. The van der Waals surface area contributed by atoms with E-state index >= 15 is 0 Å². The third-order valence-electron chi connectivity index (χ3n) is 5.03. The van der Waals surface area contributed by atoms with Crippen molar-refractivity contribution in [2.75, 3.05) is 11.1 Å². The van der Waals surface area contributed by atoms with Crippen LogP contribution >= 0.6 is 22.9 Å². The fourth-order valence-corrected chi connectivity index (χ4v) is 4.93. The Labute approximate surface area is 176 Å². The van der Waals surface area contributed by atoms with Crippen molar-refractivity contribution in [3.05, 3.63) is 82.6 Å². The monoisotopic (exact) mass is 420 g/mol. The van der Waals surface area contributed by atoms with E-state index in [1.807, 2.05) is 41.2 Å². The van der Waals surface area contributed by atoms with Crippen molar-refractivity contribution < 1.29 is 4.79 Å². The predicted octanol–water partition coefficient (Wildman–Crippen LogP) is 5.19. The van der Waals surface area contributed by atoms with Crippen molar-refractivity contribution in [2.24, 2.45) is 0 Å². The molecule has 0 fully saturated rings. The molecular formula is C22H17ClN4OS. The van der Waals surface area contributed by atoms with E-state index in [9.17, 15) is 4.79 Å². The van der Waals surface area contributed by atoms with E-state index in [0.29, 0.717) is 21.3 Å². The van der Waals surface area contributed by atoms with E-state index in [-0.39, 0.29) is 5.91 Å². The molecule has 0 radical (unpaired) electrons. The molecule has 0 saturated heterocycles. The van der Waals surface area contributed by atoms with Crippen molar-refractivity contribution >= 4 is 39.5 Å². The topological polar surface area (TPSA) is 72.9 Å². The summed E-state index contributed by atoms with van der Waals surface area (Å²) in [5.41, 5.74) is 11.6. The Bertz CT molecular complexity index is 1210. The van der Waals surface area contributed by atoms with Crippen LogP contribution in [0, 0.1) is 0 Å². The van der Waals surface area contributed by atoms with E-state index < -0.39 is 0 Å². The summed E-state index contributed by atoms with van der Waals surface area (Å²) in [6.45, 7) is 0. The second kappa shape index (κ2) is 7.06. The fraction of sp³-hybridized carbons (Fsp3) is 0.0909. The van der Waals surface area contributed by atoms with Gasteiger partial charge in [0.25, 0.3) is 5.91 Å². The molecule has 0 saturated carbocycles. The summed E-state index contributed by atoms with van der Waals surface area (Å²) >= 11 is 7.37. The van der Waals surface area contributed by atoms with Gasteiger partial charge in [-0.15, -0.1) is 11.3 Å². The Morgan fingerprint density at radius 2 is 1.86 bits per heavy atom. The number of aryl methyl sites for hydroxylation is 1. The summed E-state index contributed by atoms with van der Waals surface area (Å²) in [6, 6.07) is 17.0. The van der Waals surface area contributed by atoms with Crippen molar-refractivity contribution in [1.82, 2.24) is 9.78 Å². The number of aromatic nitrogens is 2. The van der Waals surface area contributed by atoms with Crippen LogP contribution in [0.15, 0.2) is 60.8 Å². The highest BCUT2D eigenvalue weighted by Gasteiger charge is 2.29. The van der Waals surface area contributed by atoms with Crippen molar-refractivity contribution in [3.63, 3.8) is 0 Å². The lowest BCUT2D eigenvalue weighted by Gasteiger charge is -2.12. The standard InChI is InChI=1S/C22H17ClN4OS/c23-13-6-8-14(9-7-13)25-22(28)19-16-10-11-18-17(20(16)29-21(19)24)12-27(26-18)15-4-2-1-3-5-15/h1-9,12H,10-11,24H2,(H,25,28). The highest BCUT2D eigenvalue weighted by Crippen LogP contribution is 2.44. The predicted molar refractivity (Wildman–Crippen MR) is 118 cm³/mol. The minimum atomic E-state index is -0.193. The Kier molecular flexibility index (Phi) is 4.38. The SMILES string of the molecule is Nc1sc2c(c1C(=O)Nc1ccc(Cl)cc1)CCc1nn(-c3ccccc3)cc1-2. The number of benzene rings is 2. The number of nitrogens with zero attached hydrogens (tertiary/aromatic N) is 2. The lowest BCUT2D eigenvalue weighted by atomic mass is 9.94. The summed E-state index contributed by atoms with van der Waals surface area (Å²) in [6.07, 6.45) is 3.55. The molecule has 0 bridgehead atoms. The molecule has 0 unspecified atom stereocenters. The molecule has 1 amide bonds. The number of para-hydroxylation sites is 1. The number of carbonyl (C=O) groups is 1. The number of hydrogen-bond acceptors (Lipinski definition) is 4. The first-order chi connectivity index (χ1) is 14.1. The van der Waals surface area contributed by atoms with Gasteiger partial charge in [-0.3, -0.25) is 4.79 Å². The van der Waals surface area contributed by atoms with Crippen molar-refractivity contribution in [1.29, 1.82) is 0 Å². The Morgan fingerprint density at radius 1 is 1.10 bits per heavy atom. The Hall–Kier alpha value is -3.09. The molecule has 0 aliphatic heterocycles. The van der Waals surface area contributed by atoms with E-state index in [1.54, 1.807) is 24.3 Å². The van der Waals surface area contributed by atoms with Gasteiger partial charge < -0.3 is 11.1 Å². The van der Waals surface area contributed by atoms with Gasteiger partial charge in [0, 0.05) is 27.3 Å². The first-order valence-corrected chi connectivity index (χ1v) is 10.4. The molecule has 5 rings (SSSR count). The lowest BCUT2D eigenvalue weighted by Crippen LogP contribution is -2.16. The van der Waals surface area contributed by atoms with Gasteiger partial charge in [-0.25, -0.2) is 4.68 Å². The van der Waals surface area contributed by atoms with Gasteiger partial charge in [0.1, 0.15) is 0 Å². The van der Waals surface area contributed by atoms with Crippen LogP contribution in [0.25, 0.3) is 16.1 Å². The minimum Gasteiger partial charge on any atom is -0.390 e. The number of anilines is 2. The van der Waals surface area contributed by atoms with Crippen molar-refractivity contribution in [3.8, 4) is 16.1 Å². The molecule has 3 N–H and O–H groups in total. The zero-order valence-corrected chi connectivity index (χ0v) is 16.9. The van der Waals surface area contributed by atoms with Crippen LogP contribution in [-0.2, 0) is 12.8 Å². The van der Waals surface area contributed by atoms with E-state index in [4.69, 9.17) is 22.4 Å². The second-order valence-corrected chi connectivity index (χ2v) is 8.37. The molecule has 5 nitrogen and oxygen atoms in total. The lowest BCUT2D eigenvalue weighted by molar-refractivity contribution is 0.102. The van der Waals surface area contributed by atoms with Crippen LogP contribution in [0.5, 0.6) is 0 Å². The van der Waals surface area contributed by atoms with E-state index in [2.05, 4.69) is 5.32 Å². The molecule has 4 aromatic rings. The van der Waals surface area contributed by atoms with Crippen molar-refractivity contribution in [2.45, 2.75) is 12.8 Å². The maximum absolute atomic E-state index is 13.0. The molecule has 29 heavy (non-hydrogen) atoms. The van der Waals surface area contributed by atoms with Crippen LogP contribution in [0.1, 0.15) is 21.6 Å². The van der Waals surface area contributed by atoms with Gasteiger partial charge in [0.05, 0.1) is 21.9 Å². The first kappa shape index (κ1) is 18.0. The summed E-state index contributed by atoms with van der Waals surface area (Å²) in [4.78, 5) is 14.0. The number of carbonyl (C=O) groups excluding carboxylic acids is 1. The maximum atomic E-state index is 13.0. The summed E-state index contributed by atoms with van der Waals surface area (Å²) in [5.74, 6) is -0.193. The zero-order chi connectivity index (χ0) is 20.0. The highest BCUT2D eigenvalue weighted by molar-refractivity contribution is 7.20. The third kappa shape index (κ3) is 3.20. The number of nitrogen functional groups attached to an aromatic ring is 1. The second-order valence-electron chi connectivity index (χ2n) is 6.88. The molecule has 2 aromatic heterocycles. The minimum absolute atomic E-state index is 0.193. The number of halogens is 1. The molecular weight excluding hydrogens is 404 g/mol. The maximum Gasteiger partial charge on any atom is 0.258 e. The third-order valence-corrected chi connectivity index (χ3v) is 6.38. The first-order valence-electron chi connectivity index (χ1n) is 9.22. The molecule has 2 heterocycles. The van der Waals surface area contributed by atoms with Gasteiger partial charge in [-0.2, -0.15) is 5.10 Å². The van der Waals surface area contributed by atoms with Crippen LogP contribution in [0.4, 0.5) is 10.7 Å². The normalized spacial score (nSPS) is 12.3. The zero-order valence-electron chi connectivity index (χ0n) is 15.4. The molecule has 2 aromatic carbocycles. The van der Waals surface area contributed by atoms with Gasteiger partial charge in [-0.05, 0) is 54.8 Å². The number of amides is 1. The Morgan fingerprint density at radius 3 is 2.62 bits per heavy atom. The van der Waals surface area contributed by atoms with Gasteiger partial charge in [0.2, 0.25) is 0 Å². The molecule has 0 atom stereocenters. The summed E-state index contributed by atoms with van der Waals surface area (Å²) < 4.78 is 1.89. The van der Waals surface area contributed by atoms with Gasteiger partial charge >= 0.3 is 0 Å². The number of thiophene rings is 1. The number of fused-ring (bicyclic) bond motifs is 3. The highest BCUT2D eigenvalue weighted by atomic mass is 35.5. The largest absolute Gasteiger partial charge is 0.390 e. The van der Waals surface area contributed by atoms with Gasteiger partial charge in [-0.1, -0.05) is 29.8 Å². The molecule has 7 heteroatoms. The number of rotatable bonds is 3. The fourth-order valence-electron chi connectivity index (χ4n) is 3.66. The Balaban J connectivity index is 1.51. The number of nitrogens with one attached hydrogen (secondary N) is 1. The van der Waals surface area contributed by atoms with Crippen LogP contribution < -0.4 is 11.1 Å². The molecule has 1 aliphatic carbocycles. The quantitative estimate of drug-likeness (QED) is 0.479. The summed E-state index contributed by atoms with van der Waals surface area (Å²) in [5, 5.41) is 8.83. The van der Waals surface area contributed by atoms with Crippen LogP contribution in [0.2, 0.25) is 5.02 Å². The number of hydrogen-bond donors (Lipinski definition) is 2. The smallest absolute Gasteiger partial charge is 0.258 e. The average Bonchev–Trinajstić information content (AvgIpc) is 3.31. The molecule has 0 spiro atoms. The van der Waals surface area contributed by atoms with Gasteiger partial charge in [0.15, 0.2) is 0 Å². The molecule has 1 aliphatic rings. The average molecular weight is 421 g/mol. The van der Waals surface area contributed by atoms with Crippen LogP contribution in [-0.4, -0.2) is 15.7 Å².